The van der Waals surface area contributed by atoms with Crippen molar-refractivity contribution in [3.8, 4) is 5.75 Å². The lowest BCUT2D eigenvalue weighted by Gasteiger charge is -2.28. The molecule has 3 N–H and O–H groups in total. The van der Waals surface area contributed by atoms with Crippen molar-refractivity contribution in [2.24, 2.45) is 0 Å². The van der Waals surface area contributed by atoms with Gasteiger partial charge < -0.3 is 24.3 Å². The molecule has 244 valence electrons. The highest BCUT2D eigenvalue weighted by molar-refractivity contribution is 7.52. The number of benzene rings is 3. The normalized spacial score (nSPS) is 14.7. The molecule has 5 rings (SSSR count). The molecule has 0 spiro atoms. The summed E-state index contributed by atoms with van der Waals surface area (Å²) in [6.45, 7) is 11.5. The second-order valence-corrected chi connectivity index (χ2v) is 13.7. The van der Waals surface area contributed by atoms with Crippen LogP contribution in [-0.4, -0.2) is 45.4 Å². The number of imidazole rings is 1. The van der Waals surface area contributed by atoms with Crippen molar-refractivity contribution >= 4 is 52.2 Å². The van der Waals surface area contributed by atoms with Crippen LogP contribution >= 0.6 is 7.75 Å². The van der Waals surface area contributed by atoms with Crippen molar-refractivity contribution in [1.82, 2.24) is 19.6 Å². The van der Waals surface area contributed by atoms with Crippen LogP contribution in [0.15, 0.2) is 66.7 Å². The molecule has 0 radical (unpaired) electrons. The highest BCUT2D eigenvalue weighted by Crippen LogP contribution is 2.48. The number of hydrogen-bond acceptors (Lipinski definition) is 9. The highest BCUT2D eigenvalue weighted by Gasteiger charge is 2.35. The molecule has 11 nitrogen and oxygen atoms in total. The monoisotopic (exact) mass is 647 g/mol. The van der Waals surface area contributed by atoms with Gasteiger partial charge in [-0.3, -0.25) is 9.32 Å². The van der Waals surface area contributed by atoms with Crippen molar-refractivity contribution in [3.05, 3.63) is 72.6 Å². The van der Waals surface area contributed by atoms with Gasteiger partial charge in [-0.15, -0.1) is 0 Å². The molecule has 0 unspecified atom stereocenters. The SMILES string of the molecule is CCOCc1nc2c(N)nc3ccccc3c2n1[C@@H](CC)CO[P@@](=O)(N[C@@H](C)C(=O)OC(C)(C)C)Oc1cccc2ccccc12. The minimum Gasteiger partial charge on any atom is -0.459 e. The fourth-order valence-corrected chi connectivity index (χ4v) is 6.84. The maximum Gasteiger partial charge on any atom is 0.459 e. The Morgan fingerprint density at radius 2 is 1.70 bits per heavy atom. The van der Waals surface area contributed by atoms with E-state index in [0.717, 1.165) is 27.2 Å². The number of pyridine rings is 1. The lowest BCUT2D eigenvalue weighted by molar-refractivity contribution is -0.156. The summed E-state index contributed by atoms with van der Waals surface area (Å²) in [4.78, 5) is 22.4. The maximum atomic E-state index is 14.6. The molecule has 0 aliphatic rings. The van der Waals surface area contributed by atoms with Crippen LogP contribution in [0.4, 0.5) is 5.82 Å². The molecular weight excluding hydrogens is 605 g/mol. The van der Waals surface area contributed by atoms with Gasteiger partial charge in [0.05, 0.1) is 23.7 Å². The van der Waals surface area contributed by atoms with Crippen molar-refractivity contribution in [3.63, 3.8) is 0 Å². The average Bonchev–Trinajstić information content (AvgIpc) is 3.40. The van der Waals surface area contributed by atoms with Crippen molar-refractivity contribution in [2.45, 2.75) is 72.3 Å². The zero-order chi connectivity index (χ0) is 33.1. The van der Waals surface area contributed by atoms with E-state index in [1.165, 1.54) is 0 Å². The van der Waals surface area contributed by atoms with Crippen LogP contribution in [0.3, 0.4) is 0 Å². The first-order valence-corrected chi connectivity index (χ1v) is 17.0. The van der Waals surface area contributed by atoms with Crippen LogP contribution < -0.4 is 15.3 Å². The predicted molar refractivity (Wildman–Crippen MR) is 181 cm³/mol. The summed E-state index contributed by atoms with van der Waals surface area (Å²) < 4.78 is 40.4. The smallest absolute Gasteiger partial charge is 0.459 e. The van der Waals surface area contributed by atoms with E-state index in [1.807, 2.05) is 79.1 Å². The largest absolute Gasteiger partial charge is 0.459 e. The molecule has 3 atom stereocenters. The molecule has 3 aromatic carbocycles. The molecule has 2 heterocycles. The van der Waals surface area contributed by atoms with Crippen LogP contribution in [0.5, 0.6) is 5.75 Å². The number of nitrogen functional groups attached to an aromatic ring is 1. The number of ether oxygens (including phenoxy) is 2. The summed E-state index contributed by atoms with van der Waals surface area (Å²) >= 11 is 0. The fourth-order valence-electron chi connectivity index (χ4n) is 5.29. The van der Waals surface area contributed by atoms with Crippen LogP contribution in [0.25, 0.3) is 32.7 Å². The lowest BCUT2D eigenvalue weighted by atomic mass is 10.1. The Labute approximate surface area is 269 Å². The van der Waals surface area contributed by atoms with Crippen LogP contribution in [0.1, 0.15) is 59.8 Å². The number of nitrogens with zero attached hydrogens (tertiary/aromatic N) is 3. The van der Waals surface area contributed by atoms with E-state index in [2.05, 4.69) is 10.1 Å². The summed E-state index contributed by atoms with van der Waals surface area (Å²) in [5.41, 5.74) is 7.73. The Balaban J connectivity index is 1.54. The number of para-hydroxylation sites is 1. The maximum absolute atomic E-state index is 14.6. The van der Waals surface area contributed by atoms with Crippen molar-refractivity contribution in [1.29, 1.82) is 0 Å². The Morgan fingerprint density at radius 3 is 2.41 bits per heavy atom. The van der Waals surface area contributed by atoms with Gasteiger partial charge in [-0.25, -0.2) is 14.5 Å². The first-order chi connectivity index (χ1) is 21.9. The van der Waals surface area contributed by atoms with Gasteiger partial charge in [0.25, 0.3) is 0 Å². The number of carbonyl (C=O) groups excluding carboxylic acids is 1. The lowest BCUT2D eigenvalue weighted by Crippen LogP contribution is -2.39. The van der Waals surface area contributed by atoms with Crippen LogP contribution in [0, 0.1) is 0 Å². The van der Waals surface area contributed by atoms with Gasteiger partial charge in [0.2, 0.25) is 0 Å². The van der Waals surface area contributed by atoms with E-state index >= 15 is 0 Å². The second kappa shape index (κ2) is 13.8. The van der Waals surface area contributed by atoms with Gasteiger partial charge in [-0.2, -0.15) is 5.09 Å². The van der Waals surface area contributed by atoms with E-state index in [4.69, 9.17) is 29.2 Å². The Morgan fingerprint density at radius 1 is 1.00 bits per heavy atom. The zero-order valence-electron chi connectivity index (χ0n) is 27.1. The van der Waals surface area contributed by atoms with Crippen LogP contribution in [0.2, 0.25) is 0 Å². The molecule has 46 heavy (non-hydrogen) atoms. The van der Waals surface area contributed by atoms with E-state index in [-0.39, 0.29) is 19.3 Å². The van der Waals surface area contributed by atoms with E-state index in [9.17, 15) is 9.36 Å². The minimum absolute atomic E-state index is 0.0479. The number of aromatic nitrogens is 3. The summed E-state index contributed by atoms with van der Waals surface area (Å²) in [7, 11) is -4.20. The number of hydrogen-bond donors (Lipinski definition) is 2. The van der Waals surface area contributed by atoms with Gasteiger partial charge in [-0.1, -0.05) is 61.5 Å². The fraction of sp³-hybridized carbons (Fsp3) is 0.382. The van der Waals surface area contributed by atoms with Crippen molar-refractivity contribution < 1.29 is 27.9 Å². The van der Waals surface area contributed by atoms with Gasteiger partial charge >= 0.3 is 13.7 Å². The minimum atomic E-state index is -4.20. The molecule has 12 heteroatoms. The summed E-state index contributed by atoms with van der Waals surface area (Å²) in [6.07, 6.45) is 0.580. The topological polar surface area (TPSA) is 140 Å². The molecule has 5 aromatic rings. The predicted octanol–water partition coefficient (Wildman–Crippen LogP) is 7.33. The average molecular weight is 648 g/mol. The third-order valence-corrected chi connectivity index (χ3v) is 9.05. The Bertz CT molecular complexity index is 1900. The molecule has 0 saturated heterocycles. The summed E-state index contributed by atoms with van der Waals surface area (Å²) in [5.74, 6) is 0.711. The molecule has 0 amide bonds. The number of esters is 1. The quantitative estimate of drug-likeness (QED) is 0.0986. The summed E-state index contributed by atoms with van der Waals surface area (Å²) in [5, 5.41) is 5.36. The number of anilines is 1. The second-order valence-electron chi connectivity index (χ2n) is 12.1. The molecule has 0 aliphatic heterocycles. The van der Waals surface area contributed by atoms with Crippen LogP contribution in [-0.2, 0) is 30.0 Å². The number of rotatable bonds is 13. The van der Waals surface area contributed by atoms with Gasteiger partial charge in [0, 0.05) is 17.4 Å². The number of fused-ring (bicyclic) bond motifs is 4. The first kappa shape index (κ1) is 33.3. The molecule has 0 fully saturated rings. The third kappa shape index (κ3) is 7.34. The zero-order valence-corrected chi connectivity index (χ0v) is 28.0. The highest BCUT2D eigenvalue weighted by atomic mass is 31.2. The van der Waals surface area contributed by atoms with Gasteiger partial charge in [0.15, 0.2) is 5.82 Å². The molecule has 0 saturated carbocycles. The molecule has 0 bridgehead atoms. The number of carbonyl (C=O) groups is 1. The molecule has 2 aromatic heterocycles. The van der Waals surface area contributed by atoms with Gasteiger partial charge in [-0.05, 0) is 58.6 Å². The van der Waals surface area contributed by atoms with Crippen molar-refractivity contribution in [2.75, 3.05) is 18.9 Å². The number of nitrogens with one attached hydrogen (secondary N) is 1. The van der Waals surface area contributed by atoms with E-state index in [1.54, 1.807) is 33.8 Å². The van der Waals surface area contributed by atoms with Gasteiger partial charge in [0.1, 0.15) is 35.3 Å². The Hall–Kier alpha value is -4.02. The number of nitrogens with two attached hydrogens (primary N) is 1. The Kier molecular flexibility index (Phi) is 9.98. The molecular formula is C34H42N5O6P. The summed E-state index contributed by atoms with van der Waals surface area (Å²) in [6, 6.07) is 19.4. The van der Waals surface area contributed by atoms with E-state index in [0.29, 0.717) is 35.9 Å². The standard InChI is InChI=1S/C34H42N5O6P/c1-7-24(39-29(21-42-8-2)37-30-31(39)26-17-11-12-18-27(26)36-32(30)35)20-43-46(41,38-22(3)33(40)44-34(4,5)6)45-28-19-13-15-23-14-9-10-16-25(23)28/h9-19,22,24H,7-8,20-21H2,1-6H3,(H2,35,36)(H,38,41)/t22-,24-,46-/m0/s1. The first-order valence-electron chi connectivity index (χ1n) is 15.5. The third-order valence-electron chi connectivity index (χ3n) is 7.42. The van der Waals surface area contributed by atoms with E-state index < -0.39 is 25.4 Å². The molecule has 0 aliphatic carbocycles.